The fourth-order valence-electron chi connectivity index (χ4n) is 4.38. The molecule has 5 rings (SSSR count). The second-order valence-electron chi connectivity index (χ2n) is 7.33. The number of benzene rings is 3. The van der Waals surface area contributed by atoms with Gasteiger partial charge in [0.15, 0.2) is 0 Å². The van der Waals surface area contributed by atoms with Crippen molar-refractivity contribution in [2.75, 3.05) is 0 Å². The Hall–Kier alpha value is -1.18. The van der Waals surface area contributed by atoms with E-state index in [4.69, 9.17) is 0 Å². The standard InChI is InChI=1S/2C9H7.C7H8Si.2ClH.Zr/c2*1-2-5-9-7-3-6-8(9)4-1;8-6-7-4-2-1-3-5-7;;;/h2*1-7H;1-5,8H,6H2;2*1H;. The first-order valence-electron chi connectivity index (χ1n) is 9.68. The molecule has 0 fully saturated rings. The van der Waals surface area contributed by atoms with Crippen LogP contribution in [0.2, 0.25) is 0 Å². The van der Waals surface area contributed by atoms with E-state index >= 15 is 0 Å². The van der Waals surface area contributed by atoms with Gasteiger partial charge in [0.1, 0.15) is 0 Å². The van der Waals surface area contributed by atoms with Crippen molar-refractivity contribution >= 4 is 43.1 Å². The summed E-state index contributed by atoms with van der Waals surface area (Å²) in [5, 5.41) is 0. The summed E-state index contributed by atoms with van der Waals surface area (Å²) in [6.07, 6.45) is 10.3. The van der Waals surface area contributed by atoms with Gasteiger partial charge >= 0.3 is 171 Å². The molecular formula is C25H24Cl2SiZr. The van der Waals surface area contributed by atoms with Crippen LogP contribution in [-0.2, 0) is 26.4 Å². The molecule has 2 aliphatic carbocycles. The Morgan fingerprint density at radius 3 is 1.66 bits per heavy atom. The predicted molar refractivity (Wildman–Crippen MR) is 128 cm³/mol. The monoisotopic (exact) mass is 512 g/mol. The van der Waals surface area contributed by atoms with Crippen molar-refractivity contribution in [1.82, 2.24) is 0 Å². The third-order valence-corrected chi connectivity index (χ3v) is 22.1. The van der Waals surface area contributed by atoms with Crippen LogP contribution in [-0.4, -0.2) is 6.16 Å². The zero-order valence-electron chi connectivity index (χ0n) is 16.1. The van der Waals surface area contributed by atoms with E-state index in [9.17, 15) is 0 Å². The Labute approximate surface area is 194 Å². The van der Waals surface area contributed by atoms with Crippen molar-refractivity contribution in [3.05, 3.63) is 119 Å². The van der Waals surface area contributed by atoms with E-state index in [0.29, 0.717) is 6.16 Å². The van der Waals surface area contributed by atoms with Crippen molar-refractivity contribution < 1.29 is 20.4 Å². The van der Waals surface area contributed by atoms with E-state index in [1.807, 2.05) is 0 Å². The molecule has 2 unspecified atom stereocenters. The van der Waals surface area contributed by atoms with Crippen LogP contribution in [0.25, 0.3) is 12.2 Å². The van der Waals surface area contributed by atoms with Crippen LogP contribution in [0.15, 0.2) is 91.0 Å². The molecule has 0 heterocycles. The van der Waals surface area contributed by atoms with E-state index in [2.05, 4.69) is 103 Å². The molecule has 0 aliphatic heterocycles. The normalized spacial score (nSPS) is 17.7. The number of halogens is 2. The summed E-state index contributed by atoms with van der Waals surface area (Å²) >= 11 is -1.79. The van der Waals surface area contributed by atoms with Crippen LogP contribution in [0.5, 0.6) is 0 Å². The largest absolute Gasteiger partial charge is 0.147 e. The maximum atomic E-state index is 2.55. The number of fused-ring (bicyclic) bond motifs is 2. The molecule has 0 bridgehead atoms. The molecule has 2 atom stereocenters. The van der Waals surface area contributed by atoms with Crippen molar-refractivity contribution in [3.63, 3.8) is 0 Å². The fourth-order valence-corrected chi connectivity index (χ4v) is 21.9. The molecule has 0 spiro atoms. The molecular weight excluding hydrogens is 490 g/mol. The van der Waals surface area contributed by atoms with E-state index in [-0.39, 0.29) is 24.8 Å². The minimum absolute atomic E-state index is 0. The van der Waals surface area contributed by atoms with E-state index in [1.165, 1.54) is 22.7 Å². The van der Waals surface area contributed by atoms with Gasteiger partial charge in [-0.3, -0.25) is 0 Å². The topological polar surface area (TPSA) is 0 Å². The average Bonchev–Trinajstić information content (AvgIpc) is 3.34. The molecule has 4 heteroatoms. The maximum Gasteiger partial charge on any atom is -0.147 e. The molecule has 0 aromatic heterocycles. The minimum atomic E-state index is -1.79. The second-order valence-corrected chi connectivity index (χ2v) is 20.6. The van der Waals surface area contributed by atoms with Crippen molar-refractivity contribution in [3.8, 4) is 0 Å². The van der Waals surface area contributed by atoms with Gasteiger partial charge in [0.2, 0.25) is 0 Å². The van der Waals surface area contributed by atoms with Crippen molar-refractivity contribution in [1.29, 1.82) is 0 Å². The molecule has 146 valence electrons. The molecule has 0 saturated carbocycles. The summed E-state index contributed by atoms with van der Waals surface area (Å²) in [4.78, 5) is 0. The third kappa shape index (κ3) is 4.62. The predicted octanol–water partition coefficient (Wildman–Crippen LogP) is 6.54. The quantitative estimate of drug-likeness (QED) is 0.347. The van der Waals surface area contributed by atoms with E-state index < -0.39 is 20.4 Å². The summed E-state index contributed by atoms with van der Waals surface area (Å²) in [5.74, 6) is 0. The first-order valence-corrected chi connectivity index (χ1v) is 18.2. The molecule has 0 amide bonds. The molecule has 3 aromatic rings. The minimum Gasteiger partial charge on any atom is -0.147 e. The van der Waals surface area contributed by atoms with Gasteiger partial charge in [-0.15, -0.1) is 24.8 Å². The number of hydrogen-bond acceptors (Lipinski definition) is 0. The van der Waals surface area contributed by atoms with Crippen molar-refractivity contribution in [2.24, 2.45) is 0 Å². The summed E-state index contributed by atoms with van der Waals surface area (Å²) in [6.45, 7) is 0. The van der Waals surface area contributed by atoms with Gasteiger partial charge < -0.3 is 0 Å². The molecule has 0 nitrogen and oxygen atoms in total. The Morgan fingerprint density at radius 1 is 0.621 bits per heavy atom. The van der Waals surface area contributed by atoms with Gasteiger partial charge in [-0.2, -0.15) is 0 Å². The number of hydrogen-bond donors (Lipinski definition) is 0. The number of allylic oxidation sites excluding steroid dienone is 2. The van der Waals surface area contributed by atoms with Gasteiger partial charge in [-0.25, -0.2) is 0 Å². The summed E-state index contributed by atoms with van der Waals surface area (Å²) in [6, 6.07) is 30.6. The van der Waals surface area contributed by atoms with Crippen LogP contribution < -0.4 is 0 Å². The van der Waals surface area contributed by atoms with Crippen LogP contribution in [0, 0.1) is 0 Å². The smallest absolute Gasteiger partial charge is 0.147 e. The SMILES string of the molecule is C1=C[CH]([Zr](=[SiH]Cc2ccccc2)[CH]2C=Cc3ccccc32)c2ccccc21.Cl.Cl. The van der Waals surface area contributed by atoms with Crippen LogP contribution in [0.1, 0.15) is 35.1 Å². The van der Waals surface area contributed by atoms with Gasteiger partial charge in [0.05, 0.1) is 0 Å². The van der Waals surface area contributed by atoms with Crippen LogP contribution in [0.4, 0.5) is 0 Å². The maximum absolute atomic E-state index is 2.55. The molecule has 0 radical (unpaired) electrons. The van der Waals surface area contributed by atoms with Gasteiger partial charge in [0.25, 0.3) is 0 Å². The van der Waals surface area contributed by atoms with Gasteiger partial charge in [0, 0.05) is 0 Å². The first-order chi connectivity index (χ1) is 13.4. The summed E-state index contributed by atoms with van der Waals surface area (Å²) < 4.78 is 1.45. The van der Waals surface area contributed by atoms with E-state index in [0.717, 1.165) is 7.25 Å². The zero-order chi connectivity index (χ0) is 18.1. The Kier molecular flexibility index (Phi) is 7.93. The van der Waals surface area contributed by atoms with E-state index in [1.54, 1.807) is 11.1 Å². The molecule has 2 aliphatic rings. The molecule has 0 N–H and O–H groups in total. The molecule has 0 saturated heterocycles. The average molecular weight is 515 g/mol. The van der Waals surface area contributed by atoms with Crippen LogP contribution in [0.3, 0.4) is 0 Å². The fraction of sp³-hybridized carbons (Fsp3) is 0.120. The second kappa shape index (κ2) is 10.2. The van der Waals surface area contributed by atoms with Gasteiger partial charge in [-0.1, -0.05) is 0 Å². The van der Waals surface area contributed by atoms with Crippen molar-refractivity contribution in [2.45, 2.75) is 13.3 Å². The summed E-state index contributed by atoms with van der Waals surface area (Å²) in [5.41, 5.74) is 7.64. The zero-order valence-corrected chi connectivity index (χ0v) is 21.3. The Bertz CT molecular complexity index is 1010. The number of rotatable bonds is 4. The molecule has 29 heavy (non-hydrogen) atoms. The molecule has 3 aromatic carbocycles. The third-order valence-electron chi connectivity index (χ3n) is 5.73. The van der Waals surface area contributed by atoms with Crippen LogP contribution >= 0.6 is 24.8 Å². The Morgan fingerprint density at radius 2 is 1.10 bits per heavy atom. The first kappa shape index (κ1) is 22.5. The van der Waals surface area contributed by atoms with Gasteiger partial charge in [-0.05, 0) is 0 Å². The Balaban J connectivity index is 0.00000120. The summed E-state index contributed by atoms with van der Waals surface area (Å²) in [7, 11) is 0.